The highest BCUT2D eigenvalue weighted by Gasteiger charge is 2.14. The highest BCUT2D eigenvalue weighted by Crippen LogP contribution is 2.25. The van der Waals surface area contributed by atoms with Crippen LogP contribution in [-0.2, 0) is 21.2 Å². The van der Waals surface area contributed by atoms with Crippen molar-refractivity contribution < 1.29 is 17.9 Å². The number of nitrogens with zero attached hydrogens (tertiary/aromatic N) is 1. The van der Waals surface area contributed by atoms with Gasteiger partial charge in [0, 0.05) is 37.0 Å². The minimum Gasteiger partial charge on any atom is -0.439 e. The molecule has 1 unspecified atom stereocenters. The molecule has 1 amide bonds. The van der Waals surface area contributed by atoms with Crippen molar-refractivity contribution in [3.05, 3.63) is 48.2 Å². The van der Waals surface area contributed by atoms with Gasteiger partial charge in [-0.1, -0.05) is 19.1 Å². The minimum absolute atomic E-state index is 0.0757. The van der Waals surface area contributed by atoms with E-state index < -0.39 is 9.84 Å². The second-order valence-electron chi connectivity index (χ2n) is 5.99. The second-order valence-corrected chi connectivity index (χ2v) is 8.01. The van der Waals surface area contributed by atoms with Gasteiger partial charge in [-0.05, 0) is 31.3 Å². The summed E-state index contributed by atoms with van der Waals surface area (Å²) in [5.41, 5.74) is 0.697. The summed E-state index contributed by atoms with van der Waals surface area (Å²) in [5.74, 6) is 0.447. The normalized spacial score (nSPS) is 12.4. The molecule has 2 aromatic rings. The summed E-state index contributed by atoms with van der Waals surface area (Å²) in [6.07, 6.45) is 2.71. The van der Waals surface area contributed by atoms with E-state index in [1.165, 1.54) is 12.1 Å². The van der Waals surface area contributed by atoms with Crippen LogP contribution in [0, 0.1) is 5.92 Å². The van der Waals surface area contributed by atoms with E-state index in [9.17, 15) is 13.2 Å². The van der Waals surface area contributed by atoms with E-state index in [4.69, 9.17) is 4.74 Å². The first-order chi connectivity index (χ1) is 12.3. The zero-order valence-electron chi connectivity index (χ0n) is 15.0. The van der Waals surface area contributed by atoms with Crippen LogP contribution in [0.3, 0.4) is 0 Å². The Morgan fingerprint density at radius 2 is 2.04 bits per heavy atom. The van der Waals surface area contributed by atoms with Gasteiger partial charge in [-0.3, -0.25) is 4.79 Å². The lowest BCUT2D eigenvalue weighted by molar-refractivity contribution is -0.124. The number of amides is 1. The van der Waals surface area contributed by atoms with Crippen LogP contribution >= 0.6 is 0 Å². The Labute approximate surface area is 153 Å². The molecule has 1 heterocycles. The third-order valence-corrected chi connectivity index (χ3v) is 4.82. The third-order valence-electron chi connectivity index (χ3n) is 3.71. The number of ether oxygens (including phenoxy) is 1. The molecule has 1 aromatic carbocycles. The average Bonchev–Trinajstić information content (AvgIpc) is 2.60. The molecular formula is C18H23N3O4S. The maximum atomic E-state index is 12.1. The maximum Gasteiger partial charge on any atom is 0.224 e. The Hall–Kier alpha value is -2.45. The van der Waals surface area contributed by atoms with Gasteiger partial charge in [-0.15, -0.1) is 0 Å². The minimum atomic E-state index is -3.33. The third kappa shape index (κ3) is 5.53. The predicted octanol–water partition coefficient (Wildman–Crippen LogP) is 1.75. The van der Waals surface area contributed by atoms with E-state index in [-0.39, 0.29) is 23.3 Å². The standard InChI is InChI=1S/C18H23N3O4S/c1-13(11-19-2)17(22)21-12-14-6-5-9-20-18(14)25-15-7-4-8-16(10-15)26(3,23)24/h4-10,13,19H,11-12H2,1-3H3,(H,21,22). The fourth-order valence-electron chi connectivity index (χ4n) is 2.29. The van der Waals surface area contributed by atoms with E-state index in [1.54, 1.807) is 37.5 Å². The Morgan fingerprint density at radius 3 is 2.73 bits per heavy atom. The Bertz CT molecular complexity index is 868. The van der Waals surface area contributed by atoms with Crippen molar-refractivity contribution in [2.75, 3.05) is 19.8 Å². The number of rotatable bonds is 8. The molecule has 1 atom stereocenters. The van der Waals surface area contributed by atoms with Gasteiger partial charge >= 0.3 is 0 Å². The predicted molar refractivity (Wildman–Crippen MR) is 98.8 cm³/mol. The van der Waals surface area contributed by atoms with Gasteiger partial charge < -0.3 is 15.4 Å². The topological polar surface area (TPSA) is 97.4 Å². The van der Waals surface area contributed by atoms with Crippen LogP contribution in [0.4, 0.5) is 0 Å². The van der Waals surface area contributed by atoms with Gasteiger partial charge in [0.2, 0.25) is 11.8 Å². The molecule has 0 spiro atoms. The highest BCUT2D eigenvalue weighted by atomic mass is 32.2. The van der Waals surface area contributed by atoms with E-state index in [2.05, 4.69) is 15.6 Å². The molecule has 2 N–H and O–H groups in total. The molecule has 0 aliphatic carbocycles. The number of carbonyl (C=O) groups is 1. The molecule has 0 aliphatic rings. The molecule has 140 valence electrons. The van der Waals surface area contributed by atoms with Crippen LogP contribution in [0.5, 0.6) is 11.6 Å². The van der Waals surface area contributed by atoms with Crippen LogP contribution in [0.25, 0.3) is 0 Å². The van der Waals surface area contributed by atoms with Gasteiger partial charge in [0.15, 0.2) is 9.84 Å². The van der Waals surface area contributed by atoms with Crippen molar-refractivity contribution in [1.82, 2.24) is 15.6 Å². The van der Waals surface area contributed by atoms with Gasteiger partial charge in [-0.25, -0.2) is 13.4 Å². The molecule has 7 nitrogen and oxygen atoms in total. The summed E-state index contributed by atoms with van der Waals surface area (Å²) in [4.78, 5) is 16.4. The summed E-state index contributed by atoms with van der Waals surface area (Å²) < 4.78 is 29.1. The molecule has 0 radical (unpaired) electrons. The summed E-state index contributed by atoms with van der Waals surface area (Å²) in [5, 5.41) is 5.81. The van der Waals surface area contributed by atoms with Crippen LogP contribution in [0.1, 0.15) is 12.5 Å². The number of nitrogens with one attached hydrogen (secondary N) is 2. The number of carbonyl (C=O) groups excluding carboxylic acids is 1. The van der Waals surface area contributed by atoms with Crippen LogP contribution in [0.2, 0.25) is 0 Å². The molecule has 1 aromatic heterocycles. The maximum absolute atomic E-state index is 12.1. The summed E-state index contributed by atoms with van der Waals surface area (Å²) in [6.45, 7) is 2.69. The molecule has 26 heavy (non-hydrogen) atoms. The molecule has 8 heteroatoms. The van der Waals surface area contributed by atoms with Gasteiger partial charge in [0.05, 0.1) is 4.90 Å². The monoisotopic (exact) mass is 377 g/mol. The van der Waals surface area contributed by atoms with Crippen molar-refractivity contribution in [3.8, 4) is 11.6 Å². The summed E-state index contributed by atoms with van der Waals surface area (Å²) in [6, 6.07) is 9.76. The fourth-order valence-corrected chi connectivity index (χ4v) is 2.94. The van der Waals surface area contributed by atoms with Crippen molar-refractivity contribution in [1.29, 1.82) is 0 Å². The molecule has 0 saturated carbocycles. The largest absolute Gasteiger partial charge is 0.439 e. The Morgan fingerprint density at radius 1 is 1.27 bits per heavy atom. The zero-order valence-corrected chi connectivity index (χ0v) is 15.8. The van der Waals surface area contributed by atoms with Crippen LogP contribution < -0.4 is 15.4 Å². The molecule has 2 rings (SSSR count). The molecule has 0 bridgehead atoms. The van der Waals surface area contributed by atoms with Crippen molar-refractivity contribution in [3.63, 3.8) is 0 Å². The Kier molecular flexibility index (Phi) is 6.70. The van der Waals surface area contributed by atoms with Crippen molar-refractivity contribution >= 4 is 15.7 Å². The van der Waals surface area contributed by atoms with Crippen molar-refractivity contribution in [2.45, 2.75) is 18.4 Å². The number of benzene rings is 1. The van der Waals surface area contributed by atoms with E-state index in [0.29, 0.717) is 23.7 Å². The van der Waals surface area contributed by atoms with Crippen molar-refractivity contribution in [2.24, 2.45) is 5.92 Å². The first kappa shape index (κ1) is 19.9. The number of aromatic nitrogens is 1. The van der Waals surface area contributed by atoms with Gasteiger partial charge in [-0.2, -0.15) is 0 Å². The zero-order chi connectivity index (χ0) is 19.2. The van der Waals surface area contributed by atoms with E-state index in [1.807, 2.05) is 6.92 Å². The SMILES string of the molecule is CNCC(C)C(=O)NCc1cccnc1Oc1cccc(S(C)(=O)=O)c1. The smallest absolute Gasteiger partial charge is 0.224 e. The Balaban J connectivity index is 2.13. The molecule has 0 aliphatic heterocycles. The van der Waals surface area contributed by atoms with E-state index >= 15 is 0 Å². The number of sulfone groups is 1. The lowest BCUT2D eigenvalue weighted by atomic mass is 10.1. The molecule has 0 saturated heterocycles. The van der Waals surface area contributed by atoms with E-state index in [0.717, 1.165) is 6.26 Å². The highest BCUT2D eigenvalue weighted by molar-refractivity contribution is 7.90. The second kappa shape index (κ2) is 8.77. The molecule has 0 fully saturated rings. The number of pyridine rings is 1. The van der Waals surface area contributed by atoms with Crippen LogP contribution in [-0.4, -0.2) is 39.2 Å². The summed E-state index contributed by atoms with van der Waals surface area (Å²) in [7, 11) is -1.53. The lowest BCUT2D eigenvalue weighted by Gasteiger charge is -2.14. The van der Waals surface area contributed by atoms with Gasteiger partial charge in [0.1, 0.15) is 5.75 Å². The summed E-state index contributed by atoms with van der Waals surface area (Å²) >= 11 is 0. The lowest BCUT2D eigenvalue weighted by Crippen LogP contribution is -2.34. The number of hydrogen-bond donors (Lipinski definition) is 2. The average molecular weight is 377 g/mol. The quantitative estimate of drug-likeness (QED) is 0.727. The first-order valence-corrected chi connectivity index (χ1v) is 10.0. The molecular weight excluding hydrogens is 354 g/mol. The fraction of sp³-hybridized carbons (Fsp3) is 0.333. The number of hydrogen-bond acceptors (Lipinski definition) is 6. The van der Waals surface area contributed by atoms with Crippen LogP contribution in [0.15, 0.2) is 47.5 Å². The first-order valence-electron chi connectivity index (χ1n) is 8.15. The van der Waals surface area contributed by atoms with Gasteiger partial charge in [0.25, 0.3) is 0 Å².